The van der Waals surface area contributed by atoms with Crippen LogP contribution in [0.2, 0.25) is 18.1 Å². The van der Waals surface area contributed by atoms with E-state index in [4.69, 9.17) is 5.73 Å². The minimum absolute atomic E-state index is 0.0640. The van der Waals surface area contributed by atoms with Crippen molar-refractivity contribution in [3.05, 3.63) is 0 Å². The Kier molecular flexibility index (Phi) is 5.02. The molecule has 15 heavy (non-hydrogen) atoms. The van der Waals surface area contributed by atoms with Crippen LogP contribution in [0.15, 0.2) is 0 Å². The molecular formula is C12H29NOSi. The van der Waals surface area contributed by atoms with Crippen molar-refractivity contribution < 1.29 is 5.11 Å². The molecule has 0 amide bonds. The normalized spacial score (nSPS) is 18.0. The molecule has 0 saturated carbocycles. The fourth-order valence-corrected chi connectivity index (χ4v) is 3.75. The van der Waals surface area contributed by atoms with Gasteiger partial charge in [0, 0.05) is 6.04 Å². The van der Waals surface area contributed by atoms with Gasteiger partial charge < -0.3 is 10.8 Å². The van der Waals surface area contributed by atoms with Gasteiger partial charge in [0.1, 0.15) is 0 Å². The highest BCUT2D eigenvalue weighted by atomic mass is 28.3. The van der Waals surface area contributed by atoms with Crippen LogP contribution in [0, 0.1) is 5.92 Å². The second kappa shape index (κ2) is 4.98. The fourth-order valence-electron chi connectivity index (χ4n) is 1.65. The third-order valence-electron chi connectivity index (χ3n) is 3.82. The molecule has 0 spiro atoms. The molecule has 2 atom stereocenters. The summed E-state index contributed by atoms with van der Waals surface area (Å²) in [5.74, 6) is 0.555. The maximum Gasteiger partial charge on any atom is 0.0885 e. The molecule has 0 radical (unpaired) electrons. The Labute approximate surface area is 96.3 Å². The number of hydrogen-bond acceptors (Lipinski definition) is 2. The Balaban J connectivity index is 4.62. The molecule has 0 aromatic carbocycles. The van der Waals surface area contributed by atoms with Gasteiger partial charge in [0.15, 0.2) is 0 Å². The smallest absolute Gasteiger partial charge is 0.0885 e. The van der Waals surface area contributed by atoms with E-state index in [1.807, 2.05) is 0 Å². The van der Waals surface area contributed by atoms with Crippen LogP contribution in [0.1, 0.15) is 41.0 Å². The van der Waals surface area contributed by atoms with Gasteiger partial charge >= 0.3 is 0 Å². The monoisotopic (exact) mass is 231 g/mol. The van der Waals surface area contributed by atoms with Gasteiger partial charge in [0.2, 0.25) is 0 Å². The molecule has 0 aromatic rings. The van der Waals surface area contributed by atoms with Crippen LogP contribution in [0.5, 0.6) is 0 Å². The molecule has 1 unspecified atom stereocenters. The summed E-state index contributed by atoms with van der Waals surface area (Å²) in [5.41, 5.74) is 5.78. The first-order chi connectivity index (χ1) is 6.50. The average Bonchev–Trinajstić information content (AvgIpc) is 1.99. The van der Waals surface area contributed by atoms with Crippen LogP contribution >= 0.6 is 0 Å². The molecule has 0 fully saturated rings. The lowest BCUT2D eigenvalue weighted by Crippen LogP contribution is -2.57. The molecule has 0 heterocycles. The van der Waals surface area contributed by atoms with E-state index in [0.29, 0.717) is 5.92 Å². The lowest BCUT2D eigenvalue weighted by molar-refractivity contribution is 0.193. The van der Waals surface area contributed by atoms with Gasteiger partial charge in [-0.3, -0.25) is 0 Å². The summed E-state index contributed by atoms with van der Waals surface area (Å²) in [4.78, 5) is 0. The number of rotatable bonds is 4. The highest BCUT2D eigenvalue weighted by Crippen LogP contribution is 2.39. The first-order valence-corrected chi connectivity index (χ1v) is 9.01. The van der Waals surface area contributed by atoms with Crippen molar-refractivity contribution in [1.29, 1.82) is 0 Å². The highest BCUT2D eigenvalue weighted by molar-refractivity contribution is 6.81. The number of aliphatic hydroxyl groups is 1. The van der Waals surface area contributed by atoms with Crippen LogP contribution in [-0.2, 0) is 0 Å². The third kappa shape index (κ3) is 3.89. The average molecular weight is 231 g/mol. The van der Waals surface area contributed by atoms with Crippen LogP contribution in [0.3, 0.4) is 0 Å². The zero-order valence-corrected chi connectivity index (χ0v) is 12.5. The van der Waals surface area contributed by atoms with Crippen LogP contribution in [0.25, 0.3) is 0 Å². The lowest BCUT2D eigenvalue weighted by Gasteiger charge is -2.43. The fraction of sp³-hybridized carbons (Fsp3) is 1.00. The van der Waals surface area contributed by atoms with Gasteiger partial charge in [-0.05, 0) is 17.4 Å². The zero-order valence-electron chi connectivity index (χ0n) is 11.5. The number of nitrogens with two attached hydrogens (primary N) is 1. The lowest BCUT2D eigenvalue weighted by atomic mass is 10.1. The molecule has 0 aliphatic carbocycles. The van der Waals surface area contributed by atoms with Crippen molar-refractivity contribution in [1.82, 2.24) is 0 Å². The van der Waals surface area contributed by atoms with Crippen LogP contribution < -0.4 is 5.73 Å². The summed E-state index contributed by atoms with van der Waals surface area (Å²) < 4.78 is 0. The van der Waals surface area contributed by atoms with Gasteiger partial charge in [-0.2, -0.15) is 0 Å². The Hall–Kier alpha value is 0.137. The van der Waals surface area contributed by atoms with Crippen molar-refractivity contribution in [2.45, 2.75) is 70.9 Å². The predicted molar refractivity (Wildman–Crippen MR) is 70.6 cm³/mol. The Bertz CT molecular complexity index is 196. The summed E-state index contributed by atoms with van der Waals surface area (Å²) in [7, 11) is -1.71. The SMILES string of the molecule is CC(C)C[C@H](N)C(O)[Si](C)(C)C(C)(C)C. The molecule has 0 saturated heterocycles. The van der Waals surface area contributed by atoms with Crippen LogP contribution in [-0.4, -0.2) is 24.9 Å². The van der Waals surface area contributed by atoms with E-state index in [0.717, 1.165) is 6.42 Å². The number of aliphatic hydroxyl groups excluding tert-OH is 1. The summed E-state index contributed by atoms with van der Waals surface area (Å²) in [5, 5.41) is 10.6. The third-order valence-corrected chi connectivity index (χ3v) is 9.59. The maximum absolute atomic E-state index is 10.4. The predicted octanol–water partition coefficient (Wildman–Crippen LogP) is 2.77. The quantitative estimate of drug-likeness (QED) is 0.731. The van der Waals surface area contributed by atoms with Gasteiger partial charge in [0.25, 0.3) is 0 Å². The molecular weight excluding hydrogens is 202 g/mol. The summed E-state index contributed by atoms with van der Waals surface area (Å²) in [6.07, 6.45) is 0.910. The summed E-state index contributed by atoms with van der Waals surface area (Å²) in [6, 6.07) is -0.0640. The van der Waals surface area contributed by atoms with Gasteiger partial charge in [0.05, 0.1) is 13.8 Å². The molecule has 3 N–H and O–H groups in total. The van der Waals surface area contributed by atoms with Gasteiger partial charge in [-0.15, -0.1) is 0 Å². The summed E-state index contributed by atoms with van der Waals surface area (Å²) >= 11 is 0. The van der Waals surface area contributed by atoms with Crippen molar-refractivity contribution in [2.75, 3.05) is 0 Å². The Morgan fingerprint density at radius 3 is 1.87 bits per heavy atom. The minimum Gasteiger partial charge on any atom is -0.395 e. The standard InChI is InChI=1S/C12H29NOSi/c1-9(2)8-10(13)11(14)15(6,7)12(3,4)5/h9-11,14H,8,13H2,1-7H3/t10-,11?/m0/s1. The van der Waals surface area contributed by atoms with E-state index in [1.54, 1.807) is 0 Å². The molecule has 92 valence electrons. The number of hydrogen-bond donors (Lipinski definition) is 2. The van der Waals surface area contributed by atoms with E-state index in [2.05, 4.69) is 47.7 Å². The molecule has 0 rings (SSSR count). The van der Waals surface area contributed by atoms with Crippen molar-refractivity contribution in [3.8, 4) is 0 Å². The zero-order chi connectivity index (χ0) is 12.4. The Morgan fingerprint density at radius 1 is 1.20 bits per heavy atom. The van der Waals surface area contributed by atoms with Crippen molar-refractivity contribution in [2.24, 2.45) is 11.7 Å². The molecule has 0 aliphatic heterocycles. The molecule has 0 bridgehead atoms. The van der Waals surface area contributed by atoms with E-state index in [1.165, 1.54) is 0 Å². The second-order valence-electron chi connectivity index (χ2n) is 6.71. The van der Waals surface area contributed by atoms with Gasteiger partial charge in [-0.25, -0.2) is 0 Å². The summed E-state index contributed by atoms with van der Waals surface area (Å²) in [6.45, 7) is 15.4. The first kappa shape index (κ1) is 15.1. The topological polar surface area (TPSA) is 46.2 Å². The van der Waals surface area contributed by atoms with Crippen LogP contribution in [0.4, 0.5) is 0 Å². The van der Waals surface area contributed by atoms with E-state index in [9.17, 15) is 5.11 Å². The van der Waals surface area contributed by atoms with E-state index in [-0.39, 0.29) is 16.8 Å². The molecule has 0 aliphatic rings. The van der Waals surface area contributed by atoms with Gasteiger partial charge in [-0.1, -0.05) is 47.7 Å². The maximum atomic E-state index is 10.4. The largest absolute Gasteiger partial charge is 0.395 e. The van der Waals surface area contributed by atoms with Crippen molar-refractivity contribution in [3.63, 3.8) is 0 Å². The van der Waals surface area contributed by atoms with E-state index < -0.39 is 8.07 Å². The highest BCUT2D eigenvalue weighted by Gasteiger charge is 2.43. The first-order valence-electron chi connectivity index (χ1n) is 5.93. The second-order valence-corrected chi connectivity index (χ2v) is 12.2. The Morgan fingerprint density at radius 2 is 1.60 bits per heavy atom. The minimum atomic E-state index is -1.71. The van der Waals surface area contributed by atoms with Crippen molar-refractivity contribution >= 4 is 8.07 Å². The molecule has 2 nitrogen and oxygen atoms in total. The van der Waals surface area contributed by atoms with E-state index >= 15 is 0 Å². The molecule has 3 heteroatoms. The molecule has 0 aromatic heterocycles.